The second kappa shape index (κ2) is 6.16. The molecule has 2 N–H and O–H groups in total. The largest absolute Gasteiger partial charge is 0.399 e. The summed E-state index contributed by atoms with van der Waals surface area (Å²) in [4.78, 5) is 0. The third-order valence-corrected chi connectivity index (χ3v) is 4.86. The number of anilines is 1. The van der Waals surface area contributed by atoms with Crippen molar-refractivity contribution in [3.8, 4) is 0 Å². The molecule has 0 fully saturated rings. The number of hydrogen-bond donors (Lipinski definition) is 1. The Balaban J connectivity index is 2.42. The number of rotatable bonds is 6. The van der Waals surface area contributed by atoms with Crippen LogP contribution in [0.2, 0.25) is 0 Å². The lowest BCUT2D eigenvalue weighted by Gasteiger charge is -2.05. The molecule has 1 aromatic rings. The van der Waals surface area contributed by atoms with Gasteiger partial charge in [0.05, 0.1) is 5.75 Å². The molecule has 0 amide bonds. The zero-order valence-electron chi connectivity index (χ0n) is 9.76. The number of benzene rings is 1. The number of nitrogen functional groups attached to an aromatic ring is 1. The SMILES string of the molecule is CS(=O)(=O)CCS(=O)CCc1ccccc1N. The van der Waals surface area contributed by atoms with Crippen molar-refractivity contribution >= 4 is 26.3 Å². The van der Waals surface area contributed by atoms with Gasteiger partial charge in [0.1, 0.15) is 9.84 Å². The molecule has 0 saturated carbocycles. The molecule has 4 nitrogen and oxygen atoms in total. The molecule has 0 aliphatic rings. The van der Waals surface area contributed by atoms with Gasteiger partial charge in [0.15, 0.2) is 0 Å². The highest BCUT2D eigenvalue weighted by atomic mass is 32.2. The van der Waals surface area contributed by atoms with Crippen LogP contribution in [0.25, 0.3) is 0 Å². The molecule has 0 saturated heterocycles. The van der Waals surface area contributed by atoms with Crippen molar-refractivity contribution in [1.82, 2.24) is 0 Å². The summed E-state index contributed by atoms with van der Waals surface area (Å²) in [5.41, 5.74) is 7.40. The molecule has 6 heteroatoms. The Hall–Kier alpha value is -0.880. The van der Waals surface area contributed by atoms with Crippen LogP contribution in [0.15, 0.2) is 24.3 Å². The Morgan fingerprint density at radius 2 is 1.88 bits per heavy atom. The van der Waals surface area contributed by atoms with Crippen molar-refractivity contribution in [2.75, 3.05) is 29.2 Å². The normalized spacial score (nSPS) is 13.5. The van der Waals surface area contributed by atoms with Gasteiger partial charge < -0.3 is 5.73 Å². The van der Waals surface area contributed by atoms with Gasteiger partial charge in [0.2, 0.25) is 0 Å². The molecule has 17 heavy (non-hydrogen) atoms. The molecule has 0 bridgehead atoms. The maximum atomic E-state index is 11.6. The summed E-state index contributed by atoms with van der Waals surface area (Å²) >= 11 is 0. The van der Waals surface area contributed by atoms with Crippen LogP contribution in [-0.4, -0.2) is 36.1 Å². The first-order valence-corrected chi connectivity index (χ1v) is 8.79. The standard InChI is InChI=1S/C11H17NO3S2/c1-17(14,15)9-8-16(13)7-6-10-4-2-3-5-11(10)12/h2-5H,6-9,12H2,1H3. The van der Waals surface area contributed by atoms with Crippen LogP contribution in [0.5, 0.6) is 0 Å². The number of para-hydroxylation sites is 1. The third-order valence-electron chi connectivity index (χ3n) is 2.34. The van der Waals surface area contributed by atoms with Crippen molar-refractivity contribution < 1.29 is 12.6 Å². The Kier molecular flexibility index (Phi) is 5.14. The maximum absolute atomic E-state index is 11.6. The van der Waals surface area contributed by atoms with Gasteiger partial charge in [-0.2, -0.15) is 0 Å². The first kappa shape index (κ1) is 14.2. The Bertz CT molecular complexity index is 497. The number of nitrogens with two attached hydrogens (primary N) is 1. The molecule has 0 heterocycles. The van der Waals surface area contributed by atoms with Gasteiger partial charge in [-0.3, -0.25) is 4.21 Å². The van der Waals surface area contributed by atoms with Crippen LogP contribution in [0.3, 0.4) is 0 Å². The predicted octanol–water partition coefficient (Wildman–Crippen LogP) is 0.605. The first-order valence-electron chi connectivity index (χ1n) is 5.24. The van der Waals surface area contributed by atoms with E-state index in [-0.39, 0.29) is 11.5 Å². The monoisotopic (exact) mass is 275 g/mol. The molecular formula is C11H17NO3S2. The molecule has 1 atom stereocenters. The lowest BCUT2D eigenvalue weighted by Crippen LogP contribution is -2.14. The summed E-state index contributed by atoms with van der Waals surface area (Å²) in [6.07, 6.45) is 1.77. The van der Waals surface area contributed by atoms with E-state index in [1.54, 1.807) is 6.07 Å². The van der Waals surface area contributed by atoms with E-state index in [4.69, 9.17) is 5.73 Å². The molecule has 1 unspecified atom stereocenters. The number of hydrogen-bond acceptors (Lipinski definition) is 4. The zero-order chi connectivity index (χ0) is 12.9. The van der Waals surface area contributed by atoms with E-state index in [0.717, 1.165) is 11.8 Å². The van der Waals surface area contributed by atoms with E-state index in [1.807, 2.05) is 18.2 Å². The van der Waals surface area contributed by atoms with E-state index in [2.05, 4.69) is 0 Å². The fourth-order valence-corrected chi connectivity index (χ4v) is 3.94. The summed E-state index contributed by atoms with van der Waals surface area (Å²) in [7, 11) is -4.14. The molecular weight excluding hydrogens is 258 g/mol. The fourth-order valence-electron chi connectivity index (χ4n) is 1.33. The van der Waals surface area contributed by atoms with Crippen LogP contribution in [0.4, 0.5) is 5.69 Å². The fraction of sp³-hybridized carbons (Fsp3) is 0.455. The summed E-state index contributed by atoms with van der Waals surface area (Å²) in [5, 5.41) is 0. The van der Waals surface area contributed by atoms with E-state index in [0.29, 0.717) is 17.9 Å². The minimum Gasteiger partial charge on any atom is -0.399 e. The molecule has 96 valence electrons. The van der Waals surface area contributed by atoms with E-state index < -0.39 is 20.6 Å². The van der Waals surface area contributed by atoms with Crippen molar-refractivity contribution in [1.29, 1.82) is 0 Å². The molecule has 1 rings (SSSR count). The van der Waals surface area contributed by atoms with Crippen LogP contribution >= 0.6 is 0 Å². The lowest BCUT2D eigenvalue weighted by atomic mass is 10.1. The van der Waals surface area contributed by atoms with Gasteiger partial charge in [-0.1, -0.05) is 18.2 Å². The quantitative estimate of drug-likeness (QED) is 0.771. The highest BCUT2D eigenvalue weighted by Gasteiger charge is 2.07. The van der Waals surface area contributed by atoms with Gasteiger partial charge in [0, 0.05) is 34.2 Å². The average molecular weight is 275 g/mol. The van der Waals surface area contributed by atoms with Crippen LogP contribution in [-0.2, 0) is 27.1 Å². The zero-order valence-corrected chi connectivity index (χ0v) is 11.4. The summed E-state index contributed by atoms with van der Waals surface area (Å²) in [5.74, 6) is 0.624. The number of sulfone groups is 1. The topological polar surface area (TPSA) is 77.2 Å². The molecule has 1 aromatic carbocycles. The molecule has 0 spiro atoms. The van der Waals surface area contributed by atoms with Gasteiger partial charge >= 0.3 is 0 Å². The van der Waals surface area contributed by atoms with Crippen LogP contribution in [0, 0.1) is 0 Å². The minimum atomic E-state index is -3.03. The Labute approximate surface area is 105 Å². The molecule has 0 aromatic heterocycles. The summed E-state index contributed by atoms with van der Waals surface area (Å²) < 4.78 is 33.4. The molecule has 0 radical (unpaired) electrons. The molecule has 0 aliphatic carbocycles. The lowest BCUT2D eigenvalue weighted by molar-refractivity contribution is 0.602. The third kappa shape index (κ3) is 5.83. The van der Waals surface area contributed by atoms with Crippen molar-refractivity contribution in [2.24, 2.45) is 0 Å². The van der Waals surface area contributed by atoms with Crippen LogP contribution in [0.1, 0.15) is 5.56 Å². The van der Waals surface area contributed by atoms with Crippen molar-refractivity contribution in [2.45, 2.75) is 6.42 Å². The second-order valence-corrected chi connectivity index (χ2v) is 7.88. The van der Waals surface area contributed by atoms with Gasteiger partial charge in [-0.15, -0.1) is 0 Å². The van der Waals surface area contributed by atoms with E-state index in [9.17, 15) is 12.6 Å². The maximum Gasteiger partial charge on any atom is 0.148 e. The highest BCUT2D eigenvalue weighted by Crippen LogP contribution is 2.11. The predicted molar refractivity (Wildman–Crippen MR) is 72.1 cm³/mol. The van der Waals surface area contributed by atoms with Gasteiger partial charge in [0.25, 0.3) is 0 Å². The first-order chi connectivity index (χ1) is 7.88. The number of aryl methyl sites for hydroxylation is 1. The van der Waals surface area contributed by atoms with E-state index >= 15 is 0 Å². The van der Waals surface area contributed by atoms with Crippen molar-refractivity contribution in [3.63, 3.8) is 0 Å². The second-order valence-electron chi connectivity index (χ2n) is 3.93. The van der Waals surface area contributed by atoms with Crippen LogP contribution < -0.4 is 5.73 Å². The Morgan fingerprint density at radius 1 is 1.24 bits per heavy atom. The highest BCUT2D eigenvalue weighted by molar-refractivity contribution is 7.92. The summed E-state index contributed by atoms with van der Waals surface area (Å²) in [6, 6.07) is 7.42. The minimum absolute atomic E-state index is 0.0239. The average Bonchev–Trinajstić information content (AvgIpc) is 2.24. The van der Waals surface area contributed by atoms with Gasteiger partial charge in [-0.05, 0) is 18.1 Å². The van der Waals surface area contributed by atoms with Crippen molar-refractivity contribution in [3.05, 3.63) is 29.8 Å². The summed E-state index contributed by atoms with van der Waals surface area (Å²) in [6.45, 7) is 0. The van der Waals surface area contributed by atoms with E-state index in [1.165, 1.54) is 0 Å². The van der Waals surface area contributed by atoms with Gasteiger partial charge in [-0.25, -0.2) is 8.42 Å². The smallest absolute Gasteiger partial charge is 0.148 e. The Morgan fingerprint density at radius 3 is 2.47 bits per heavy atom. The molecule has 0 aliphatic heterocycles.